The molecule has 1 aromatic carbocycles. The maximum atomic E-state index is 13.5. The molecule has 1 fully saturated rings. The number of aromatic nitrogens is 4. The van der Waals surface area contributed by atoms with Crippen LogP contribution in [0.1, 0.15) is 32.9 Å². The van der Waals surface area contributed by atoms with Gasteiger partial charge in [-0.2, -0.15) is 9.40 Å². The second kappa shape index (κ2) is 10.5. The fourth-order valence-corrected chi connectivity index (χ4v) is 6.32. The maximum absolute atomic E-state index is 13.5. The Kier molecular flexibility index (Phi) is 7.78. The number of hydrogen-bond donors (Lipinski definition) is 3. The Morgan fingerprint density at radius 1 is 1.19 bits per heavy atom. The largest absolute Gasteiger partial charge is 0.493 e. The van der Waals surface area contributed by atoms with Crippen LogP contribution in [0.5, 0.6) is 5.75 Å². The molecule has 4 rings (SSSR count). The summed E-state index contributed by atoms with van der Waals surface area (Å²) in [5.74, 6) is 0.793. The number of nitrogens with one attached hydrogen (secondary N) is 1. The highest BCUT2D eigenvalue weighted by Crippen LogP contribution is 2.34. The van der Waals surface area contributed by atoms with Crippen molar-refractivity contribution in [3.05, 3.63) is 28.5 Å². The van der Waals surface area contributed by atoms with E-state index >= 15 is 0 Å². The van der Waals surface area contributed by atoms with Gasteiger partial charge in [-0.05, 0) is 38.1 Å². The molecule has 0 radical (unpaired) electrons. The number of likely N-dealkylation sites (N-methyl/N-ethyl adjacent to an activating group) is 1. The van der Waals surface area contributed by atoms with Gasteiger partial charge >= 0.3 is 0 Å². The summed E-state index contributed by atoms with van der Waals surface area (Å²) in [6, 6.07) is 4.45. The van der Waals surface area contributed by atoms with E-state index in [4.69, 9.17) is 17.0 Å². The Bertz CT molecular complexity index is 1420. The summed E-state index contributed by atoms with van der Waals surface area (Å²) < 4.78 is 35.8. The second-order valence-corrected chi connectivity index (χ2v) is 10.9. The van der Waals surface area contributed by atoms with Gasteiger partial charge in [-0.15, -0.1) is 0 Å². The van der Waals surface area contributed by atoms with Crippen molar-refractivity contribution in [1.29, 1.82) is 0 Å². The molecular weight excluding hydrogens is 504 g/mol. The molecule has 2 aromatic heterocycles. The van der Waals surface area contributed by atoms with Gasteiger partial charge in [0.05, 0.1) is 28.3 Å². The van der Waals surface area contributed by atoms with Crippen LogP contribution in [-0.4, -0.2) is 86.3 Å². The molecule has 2 atom stereocenters. The number of rotatable bonds is 8. The molecule has 0 amide bonds. The number of aryl methyl sites for hydroxylation is 2. The van der Waals surface area contributed by atoms with E-state index in [0.29, 0.717) is 47.0 Å². The lowest BCUT2D eigenvalue weighted by Crippen LogP contribution is -2.60. The zero-order valence-corrected chi connectivity index (χ0v) is 22.4. The van der Waals surface area contributed by atoms with Crippen molar-refractivity contribution in [2.75, 3.05) is 26.2 Å². The molecule has 0 spiro atoms. The minimum atomic E-state index is -4.15. The minimum Gasteiger partial charge on any atom is -0.493 e. The van der Waals surface area contributed by atoms with E-state index in [0.717, 1.165) is 28.4 Å². The smallest absolute Gasteiger partial charge is 0.245 e. The van der Waals surface area contributed by atoms with Gasteiger partial charge in [0.2, 0.25) is 10.0 Å². The fourth-order valence-electron chi connectivity index (χ4n) is 4.50. The fraction of sp³-hybridized carbons (Fsp3) is 0.522. The lowest BCUT2D eigenvalue weighted by molar-refractivity contribution is -0.149. The van der Waals surface area contributed by atoms with Gasteiger partial charge in [0, 0.05) is 20.1 Å². The van der Waals surface area contributed by atoms with Crippen molar-refractivity contribution in [2.24, 2.45) is 7.05 Å². The van der Waals surface area contributed by atoms with Crippen LogP contribution >= 0.6 is 12.2 Å². The predicted molar refractivity (Wildman–Crippen MR) is 137 cm³/mol. The van der Waals surface area contributed by atoms with Gasteiger partial charge in [0.25, 0.3) is 0 Å². The minimum absolute atomic E-state index is 0.0413. The Balaban J connectivity index is 1.84. The summed E-state index contributed by atoms with van der Waals surface area (Å²) in [6.45, 7) is 6.91. The lowest BCUT2D eigenvalue weighted by Gasteiger charge is -2.41. The summed E-state index contributed by atoms with van der Waals surface area (Å²) in [7, 11) is -2.34. The van der Waals surface area contributed by atoms with E-state index < -0.39 is 22.5 Å². The molecule has 3 aromatic rings. The van der Waals surface area contributed by atoms with Gasteiger partial charge in [0.1, 0.15) is 23.3 Å². The topological polar surface area (TPSA) is 137 Å². The number of aliphatic hydroxyl groups is 2. The van der Waals surface area contributed by atoms with Crippen LogP contribution in [0.15, 0.2) is 23.1 Å². The van der Waals surface area contributed by atoms with Crippen LogP contribution in [0, 0.1) is 4.64 Å². The van der Waals surface area contributed by atoms with Crippen LogP contribution in [0.2, 0.25) is 0 Å². The monoisotopic (exact) mass is 536 g/mol. The average molecular weight is 537 g/mol. The van der Waals surface area contributed by atoms with Crippen LogP contribution in [-0.2, 0) is 23.5 Å². The molecule has 3 N–H and O–H groups in total. The molecular formula is C23H32N6O5S2. The molecule has 196 valence electrons. The van der Waals surface area contributed by atoms with E-state index in [-0.39, 0.29) is 11.4 Å². The third-order valence-corrected chi connectivity index (χ3v) is 8.48. The van der Waals surface area contributed by atoms with Crippen molar-refractivity contribution in [1.82, 2.24) is 29.0 Å². The lowest BCUT2D eigenvalue weighted by atomic mass is 10.1. The number of ether oxygens (including phenoxy) is 1. The summed E-state index contributed by atoms with van der Waals surface area (Å²) >= 11 is 5.57. The third-order valence-electron chi connectivity index (χ3n) is 6.33. The number of aromatic amines is 1. The zero-order valence-electron chi connectivity index (χ0n) is 20.8. The number of benzene rings is 1. The van der Waals surface area contributed by atoms with Crippen molar-refractivity contribution < 1.29 is 23.4 Å². The number of piperazine rings is 1. The molecule has 1 aliphatic rings. The van der Waals surface area contributed by atoms with Gasteiger partial charge in [0.15, 0.2) is 10.9 Å². The normalized spacial score (nSPS) is 19.7. The summed E-state index contributed by atoms with van der Waals surface area (Å²) in [6.07, 6.45) is -1.28. The molecule has 11 nitrogen and oxygen atoms in total. The van der Waals surface area contributed by atoms with Crippen molar-refractivity contribution in [3.63, 3.8) is 0 Å². The number of fused-ring (bicyclic) bond motifs is 1. The SMILES string of the molecule is CCCc1nn(C)c2c(=S)nc(-c3cc(S(=O)(=O)N4CCN(CC)C(O)C4O)ccc3OCC)[nH]c12. The van der Waals surface area contributed by atoms with Crippen LogP contribution in [0.4, 0.5) is 0 Å². The summed E-state index contributed by atoms with van der Waals surface area (Å²) in [4.78, 5) is 9.40. The molecule has 0 saturated carbocycles. The molecule has 1 saturated heterocycles. The summed E-state index contributed by atoms with van der Waals surface area (Å²) in [5, 5.41) is 25.5. The zero-order chi connectivity index (χ0) is 26.2. The van der Waals surface area contributed by atoms with E-state index in [2.05, 4.69) is 22.0 Å². The first-order valence-corrected chi connectivity index (χ1v) is 13.8. The molecule has 3 heterocycles. The predicted octanol–water partition coefficient (Wildman–Crippen LogP) is 2.01. The summed E-state index contributed by atoms with van der Waals surface area (Å²) in [5.41, 5.74) is 2.71. The van der Waals surface area contributed by atoms with Crippen molar-refractivity contribution in [2.45, 2.75) is 51.0 Å². The van der Waals surface area contributed by atoms with E-state index in [9.17, 15) is 18.6 Å². The van der Waals surface area contributed by atoms with Crippen LogP contribution in [0.25, 0.3) is 22.4 Å². The number of hydrogen-bond acceptors (Lipinski definition) is 9. The van der Waals surface area contributed by atoms with E-state index in [1.54, 1.807) is 15.6 Å². The van der Waals surface area contributed by atoms with Crippen LogP contribution < -0.4 is 4.74 Å². The van der Waals surface area contributed by atoms with Crippen LogP contribution in [0.3, 0.4) is 0 Å². The van der Waals surface area contributed by atoms with Gasteiger partial charge in [-0.3, -0.25) is 9.58 Å². The molecule has 2 unspecified atom stereocenters. The first-order valence-electron chi connectivity index (χ1n) is 12.0. The highest BCUT2D eigenvalue weighted by molar-refractivity contribution is 7.89. The third kappa shape index (κ3) is 4.66. The maximum Gasteiger partial charge on any atom is 0.245 e. The van der Waals surface area contributed by atoms with E-state index in [1.807, 2.05) is 20.9 Å². The number of aliphatic hydroxyl groups excluding tert-OH is 2. The van der Waals surface area contributed by atoms with Gasteiger partial charge < -0.3 is 19.9 Å². The average Bonchev–Trinajstić information content (AvgIpc) is 3.16. The number of H-pyrrole nitrogens is 1. The van der Waals surface area contributed by atoms with Gasteiger partial charge in [-0.1, -0.05) is 32.5 Å². The first kappa shape index (κ1) is 26.6. The Hall–Kier alpha value is -2.42. The number of sulfonamides is 1. The molecule has 13 heteroatoms. The highest BCUT2D eigenvalue weighted by atomic mass is 32.2. The Labute approximate surface area is 215 Å². The van der Waals surface area contributed by atoms with E-state index in [1.165, 1.54) is 12.1 Å². The molecule has 0 bridgehead atoms. The van der Waals surface area contributed by atoms with Gasteiger partial charge in [-0.25, -0.2) is 13.4 Å². The van der Waals surface area contributed by atoms with Crippen molar-refractivity contribution >= 4 is 33.3 Å². The Morgan fingerprint density at radius 2 is 1.94 bits per heavy atom. The number of nitrogens with zero attached hydrogens (tertiary/aromatic N) is 5. The second-order valence-electron chi connectivity index (χ2n) is 8.60. The molecule has 36 heavy (non-hydrogen) atoms. The Morgan fingerprint density at radius 3 is 2.61 bits per heavy atom. The standard InChI is InChI=1S/C23H32N6O5S2/c1-5-8-16-18-19(27(4)26-16)21(35)25-20(24-18)15-13-14(9-10-17(15)34-7-3)36(32,33)29-12-11-28(6-2)22(30)23(29)31/h9-10,13,22-23,30-31H,5-8,11-12H2,1-4H3,(H,24,25,35). The molecule has 0 aliphatic carbocycles. The quantitative estimate of drug-likeness (QED) is 0.369. The van der Waals surface area contributed by atoms with Crippen molar-refractivity contribution in [3.8, 4) is 17.1 Å². The highest BCUT2D eigenvalue weighted by Gasteiger charge is 2.40. The molecule has 1 aliphatic heterocycles. The first-order chi connectivity index (χ1) is 17.1.